The molecular weight excluding hydrogens is 263 g/mol. The van der Waals surface area contributed by atoms with E-state index in [1.165, 1.54) is 6.42 Å². The van der Waals surface area contributed by atoms with E-state index >= 15 is 0 Å². The SMILES string of the molecule is CC(C)C1CCCC(Nc2c(F)cc(F)cc2F)CC1. The Kier molecular flexibility index (Phi) is 4.95. The molecule has 0 amide bonds. The van der Waals surface area contributed by atoms with Crippen LogP contribution in [-0.4, -0.2) is 6.04 Å². The van der Waals surface area contributed by atoms with Gasteiger partial charge in [0.05, 0.1) is 0 Å². The second kappa shape index (κ2) is 6.51. The molecule has 1 fully saturated rings. The summed E-state index contributed by atoms with van der Waals surface area (Å²) in [6.45, 7) is 4.44. The van der Waals surface area contributed by atoms with E-state index in [1.54, 1.807) is 0 Å². The minimum absolute atomic E-state index is 0.0632. The molecule has 0 saturated heterocycles. The molecule has 0 spiro atoms. The van der Waals surface area contributed by atoms with Crippen LogP contribution < -0.4 is 5.32 Å². The van der Waals surface area contributed by atoms with Crippen LogP contribution in [0.5, 0.6) is 0 Å². The summed E-state index contributed by atoms with van der Waals surface area (Å²) < 4.78 is 40.1. The highest BCUT2D eigenvalue weighted by Crippen LogP contribution is 2.31. The molecule has 0 aliphatic heterocycles. The highest BCUT2D eigenvalue weighted by molar-refractivity contribution is 5.47. The maximum Gasteiger partial charge on any atom is 0.152 e. The first-order valence-corrected chi connectivity index (χ1v) is 7.38. The van der Waals surface area contributed by atoms with E-state index in [1.807, 2.05) is 0 Å². The Balaban J connectivity index is 2.04. The molecule has 4 heteroatoms. The third-order valence-corrected chi connectivity index (χ3v) is 4.31. The lowest BCUT2D eigenvalue weighted by Crippen LogP contribution is -2.20. The van der Waals surface area contributed by atoms with E-state index in [-0.39, 0.29) is 11.7 Å². The molecular formula is C16H22F3N. The molecule has 112 valence electrons. The number of hydrogen-bond donors (Lipinski definition) is 1. The smallest absolute Gasteiger partial charge is 0.152 e. The van der Waals surface area contributed by atoms with Crippen LogP contribution in [0.1, 0.15) is 46.0 Å². The standard InChI is InChI=1S/C16H22F3N/c1-10(2)11-4-3-5-13(7-6-11)20-16-14(18)8-12(17)9-15(16)19/h8-11,13,20H,3-7H2,1-2H3. The zero-order valence-electron chi connectivity index (χ0n) is 12.1. The fourth-order valence-corrected chi connectivity index (χ4v) is 3.03. The van der Waals surface area contributed by atoms with Gasteiger partial charge in [0.2, 0.25) is 0 Å². The van der Waals surface area contributed by atoms with Crippen molar-refractivity contribution in [2.75, 3.05) is 5.32 Å². The van der Waals surface area contributed by atoms with Gasteiger partial charge in [-0.25, -0.2) is 13.2 Å². The van der Waals surface area contributed by atoms with Gasteiger partial charge in [-0.15, -0.1) is 0 Å². The van der Waals surface area contributed by atoms with Crippen molar-refractivity contribution in [3.8, 4) is 0 Å². The summed E-state index contributed by atoms with van der Waals surface area (Å²) in [5.74, 6) is -1.26. The molecule has 0 heterocycles. The van der Waals surface area contributed by atoms with Gasteiger partial charge < -0.3 is 5.32 Å². The second-order valence-electron chi connectivity index (χ2n) is 6.10. The first-order valence-electron chi connectivity index (χ1n) is 7.38. The maximum atomic E-state index is 13.6. The van der Waals surface area contributed by atoms with Gasteiger partial charge in [0.25, 0.3) is 0 Å². The number of anilines is 1. The summed E-state index contributed by atoms with van der Waals surface area (Å²) in [6, 6.07) is 1.51. The second-order valence-corrected chi connectivity index (χ2v) is 6.10. The molecule has 1 nitrogen and oxygen atoms in total. The van der Waals surface area contributed by atoms with E-state index in [0.717, 1.165) is 37.8 Å². The van der Waals surface area contributed by atoms with Crippen LogP contribution in [0.25, 0.3) is 0 Å². The van der Waals surface area contributed by atoms with Crippen LogP contribution in [0, 0.1) is 29.3 Å². The van der Waals surface area contributed by atoms with E-state index < -0.39 is 17.5 Å². The predicted molar refractivity (Wildman–Crippen MR) is 75.1 cm³/mol. The van der Waals surface area contributed by atoms with Crippen molar-refractivity contribution >= 4 is 5.69 Å². The number of benzene rings is 1. The third-order valence-electron chi connectivity index (χ3n) is 4.31. The fourth-order valence-electron chi connectivity index (χ4n) is 3.03. The van der Waals surface area contributed by atoms with E-state index in [4.69, 9.17) is 0 Å². The van der Waals surface area contributed by atoms with Crippen molar-refractivity contribution in [1.29, 1.82) is 0 Å². The molecule has 20 heavy (non-hydrogen) atoms. The first-order chi connectivity index (χ1) is 9.47. The molecule has 0 radical (unpaired) electrons. The topological polar surface area (TPSA) is 12.0 Å². The van der Waals surface area contributed by atoms with Gasteiger partial charge in [-0.2, -0.15) is 0 Å². The van der Waals surface area contributed by atoms with Crippen molar-refractivity contribution in [1.82, 2.24) is 0 Å². The van der Waals surface area contributed by atoms with E-state index in [0.29, 0.717) is 11.8 Å². The molecule has 0 bridgehead atoms. The highest BCUT2D eigenvalue weighted by atomic mass is 19.1. The Hall–Kier alpha value is -1.19. The number of nitrogens with one attached hydrogen (secondary N) is 1. The van der Waals surface area contributed by atoms with Gasteiger partial charge in [-0.1, -0.05) is 26.7 Å². The van der Waals surface area contributed by atoms with Crippen LogP contribution >= 0.6 is 0 Å². The Labute approximate surface area is 118 Å². The molecule has 1 aliphatic rings. The summed E-state index contributed by atoms with van der Waals surface area (Å²) in [7, 11) is 0. The average molecular weight is 285 g/mol. The highest BCUT2D eigenvalue weighted by Gasteiger charge is 2.22. The van der Waals surface area contributed by atoms with Gasteiger partial charge in [0.15, 0.2) is 11.6 Å². The number of rotatable bonds is 3. The van der Waals surface area contributed by atoms with Gasteiger partial charge >= 0.3 is 0 Å². The molecule has 2 rings (SSSR count). The number of hydrogen-bond acceptors (Lipinski definition) is 1. The summed E-state index contributed by atoms with van der Waals surface area (Å²) >= 11 is 0. The maximum absolute atomic E-state index is 13.6. The van der Waals surface area contributed by atoms with Crippen molar-refractivity contribution < 1.29 is 13.2 Å². The zero-order valence-corrected chi connectivity index (χ0v) is 12.1. The third kappa shape index (κ3) is 3.68. The molecule has 2 atom stereocenters. The molecule has 2 unspecified atom stereocenters. The molecule has 1 saturated carbocycles. The lowest BCUT2D eigenvalue weighted by molar-refractivity contribution is 0.341. The van der Waals surface area contributed by atoms with Crippen LogP contribution in [0.4, 0.5) is 18.9 Å². The average Bonchev–Trinajstić information content (AvgIpc) is 2.59. The van der Waals surface area contributed by atoms with Gasteiger partial charge in [0.1, 0.15) is 11.5 Å². The van der Waals surface area contributed by atoms with Crippen molar-refractivity contribution in [2.24, 2.45) is 11.8 Å². The first kappa shape index (κ1) is 15.2. The molecule has 1 N–H and O–H groups in total. The molecule has 1 aromatic rings. The largest absolute Gasteiger partial charge is 0.378 e. The summed E-state index contributed by atoms with van der Waals surface area (Å²) in [4.78, 5) is 0. The predicted octanol–water partition coefficient (Wildman–Crippen LogP) is 5.12. The monoisotopic (exact) mass is 285 g/mol. The normalized spacial score (nSPS) is 23.7. The van der Waals surface area contributed by atoms with Gasteiger partial charge in [0, 0.05) is 18.2 Å². The molecule has 0 aromatic heterocycles. The van der Waals surface area contributed by atoms with Crippen LogP contribution in [0.15, 0.2) is 12.1 Å². The van der Waals surface area contributed by atoms with E-state index in [9.17, 15) is 13.2 Å². The lowest BCUT2D eigenvalue weighted by atomic mass is 9.89. The molecule has 1 aromatic carbocycles. The summed E-state index contributed by atoms with van der Waals surface area (Å²) in [5, 5.41) is 2.93. The van der Waals surface area contributed by atoms with Crippen molar-refractivity contribution in [3.05, 3.63) is 29.6 Å². The quantitative estimate of drug-likeness (QED) is 0.760. The van der Waals surface area contributed by atoms with Gasteiger partial charge in [-0.3, -0.25) is 0 Å². The Morgan fingerprint density at radius 2 is 1.65 bits per heavy atom. The van der Waals surface area contributed by atoms with Crippen molar-refractivity contribution in [2.45, 2.75) is 52.0 Å². The Morgan fingerprint density at radius 3 is 2.25 bits per heavy atom. The summed E-state index contributed by atoms with van der Waals surface area (Å²) in [6.07, 6.45) is 5.10. The zero-order chi connectivity index (χ0) is 14.7. The number of halogens is 3. The molecule has 1 aliphatic carbocycles. The summed E-state index contributed by atoms with van der Waals surface area (Å²) in [5.41, 5.74) is -0.195. The Bertz CT molecular complexity index is 436. The van der Waals surface area contributed by atoms with Crippen molar-refractivity contribution in [3.63, 3.8) is 0 Å². The van der Waals surface area contributed by atoms with Crippen LogP contribution in [0.2, 0.25) is 0 Å². The minimum atomic E-state index is -0.883. The van der Waals surface area contributed by atoms with Crippen LogP contribution in [0.3, 0.4) is 0 Å². The van der Waals surface area contributed by atoms with E-state index in [2.05, 4.69) is 19.2 Å². The fraction of sp³-hybridized carbons (Fsp3) is 0.625. The Morgan fingerprint density at radius 1 is 1.00 bits per heavy atom. The van der Waals surface area contributed by atoms with Crippen LogP contribution in [-0.2, 0) is 0 Å². The lowest BCUT2D eigenvalue weighted by Gasteiger charge is -2.20. The minimum Gasteiger partial charge on any atom is -0.378 e. The van der Waals surface area contributed by atoms with Gasteiger partial charge in [-0.05, 0) is 31.1 Å².